The number of ether oxygens (including phenoxy) is 1. The predicted octanol–water partition coefficient (Wildman–Crippen LogP) is 4.66. The van der Waals surface area contributed by atoms with Gasteiger partial charge in [0.15, 0.2) is 0 Å². The van der Waals surface area contributed by atoms with Crippen LogP contribution in [0, 0.1) is 0 Å². The fourth-order valence-corrected chi connectivity index (χ4v) is 3.40. The summed E-state index contributed by atoms with van der Waals surface area (Å²) in [4.78, 5) is 12.1. The van der Waals surface area contributed by atoms with E-state index in [1.807, 2.05) is 17.5 Å². The molecule has 2 rings (SSSR count). The fourth-order valence-electron chi connectivity index (χ4n) is 1.48. The normalized spacial score (nSPS) is 10.4. The number of halogens is 1. The van der Waals surface area contributed by atoms with Crippen LogP contribution in [0.5, 0.6) is 5.75 Å². The van der Waals surface area contributed by atoms with Crippen LogP contribution in [-0.4, -0.2) is 23.4 Å². The Hall–Kier alpha value is -1.17. The van der Waals surface area contributed by atoms with E-state index in [0.29, 0.717) is 16.5 Å². The van der Waals surface area contributed by atoms with Gasteiger partial charge in [-0.1, -0.05) is 11.6 Å². The second-order valence-electron chi connectivity index (χ2n) is 3.96. The maximum absolute atomic E-state index is 10.7. The number of thioether (sulfide) groups is 1. The molecule has 6 heteroatoms. The monoisotopic (exact) mass is 328 g/mol. The van der Waals surface area contributed by atoms with Gasteiger partial charge in [-0.25, -0.2) is 4.79 Å². The van der Waals surface area contributed by atoms with Crippen molar-refractivity contribution in [3.05, 3.63) is 45.6 Å². The van der Waals surface area contributed by atoms with E-state index in [-0.39, 0.29) is 0 Å². The van der Waals surface area contributed by atoms with Gasteiger partial charge in [-0.3, -0.25) is 0 Å². The van der Waals surface area contributed by atoms with Gasteiger partial charge in [0.05, 0.1) is 6.61 Å². The minimum atomic E-state index is -0.868. The summed E-state index contributed by atoms with van der Waals surface area (Å²) in [5, 5.41) is 11.4. The van der Waals surface area contributed by atoms with Crippen molar-refractivity contribution < 1.29 is 14.6 Å². The van der Waals surface area contributed by atoms with Gasteiger partial charge < -0.3 is 9.84 Å². The second kappa shape index (κ2) is 7.57. The minimum Gasteiger partial charge on any atom is -0.494 e. The topological polar surface area (TPSA) is 46.5 Å². The highest BCUT2D eigenvalue weighted by molar-refractivity contribution is 7.99. The van der Waals surface area contributed by atoms with Gasteiger partial charge in [0.1, 0.15) is 10.6 Å². The lowest BCUT2D eigenvalue weighted by atomic mass is 10.3. The molecule has 1 N–H and O–H groups in total. The highest BCUT2D eigenvalue weighted by atomic mass is 35.5. The van der Waals surface area contributed by atoms with Crippen molar-refractivity contribution in [1.82, 2.24) is 0 Å². The van der Waals surface area contributed by atoms with E-state index in [0.717, 1.165) is 22.8 Å². The van der Waals surface area contributed by atoms with Crippen molar-refractivity contribution in [3.8, 4) is 5.75 Å². The molecule has 0 saturated heterocycles. The van der Waals surface area contributed by atoms with E-state index in [1.54, 1.807) is 30.0 Å². The summed E-state index contributed by atoms with van der Waals surface area (Å²) in [7, 11) is 0. The smallest absolute Gasteiger partial charge is 0.345 e. The fraction of sp³-hybridized carbons (Fsp3) is 0.214. The number of hydrogen-bond donors (Lipinski definition) is 1. The molecule has 0 spiro atoms. The van der Waals surface area contributed by atoms with E-state index < -0.39 is 5.97 Å². The molecule has 1 aromatic carbocycles. The first-order valence-electron chi connectivity index (χ1n) is 5.98. The highest BCUT2D eigenvalue weighted by Crippen LogP contribution is 2.25. The van der Waals surface area contributed by atoms with Gasteiger partial charge in [-0.2, -0.15) is 0 Å². The summed E-state index contributed by atoms with van der Waals surface area (Å²) in [6.45, 7) is 0.630. The lowest BCUT2D eigenvalue weighted by molar-refractivity contribution is 0.0702. The van der Waals surface area contributed by atoms with Crippen molar-refractivity contribution in [2.24, 2.45) is 0 Å². The Bertz CT molecular complexity index is 566. The van der Waals surface area contributed by atoms with Crippen molar-refractivity contribution in [2.75, 3.05) is 12.4 Å². The molecule has 106 valence electrons. The first-order chi connectivity index (χ1) is 9.65. The lowest BCUT2D eigenvalue weighted by Crippen LogP contribution is -1.98. The quantitative estimate of drug-likeness (QED) is 0.593. The molecule has 0 radical (unpaired) electrons. The zero-order valence-corrected chi connectivity index (χ0v) is 12.9. The lowest BCUT2D eigenvalue weighted by Gasteiger charge is -2.05. The number of benzene rings is 1. The third-order valence-corrected chi connectivity index (χ3v) is 4.81. The molecule has 0 bridgehead atoms. The van der Waals surface area contributed by atoms with E-state index in [9.17, 15) is 4.79 Å². The summed E-state index contributed by atoms with van der Waals surface area (Å²) in [5.74, 6) is 0.833. The number of hydrogen-bond acceptors (Lipinski definition) is 4. The molecule has 2 aromatic rings. The molecule has 0 aliphatic heterocycles. The molecule has 0 unspecified atom stereocenters. The van der Waals surface area contributed by atoms with Crippen LogP contribution in [-0.2, 0) is 0 Å². The third kappa shape index (κ3) is 4.74. The molecule has 0 fully saturated rings. The number of rotatable bonds is 7. The zero-order valence-electron chi connectivity index (χ0n) is 10.5. The number of carboxylic acid groups (broad SMARTS) is 1. The summed E-state index contributed by atoms with van der Waals surface area (Å²) in [6.07, 6.45) is 0.894. The van der Waals surface area contributed by atoms with E-state index in [4.69, 9.17) is 21.4 Å². The second-order valence-corrected chi connectivity index (χ2v) is 6.47. The predicted molar refractivity (Wildman–Crippen MR) is 83.6 cm³/mol. The van der Waals surface area contributed by atoms with Crippen LogP contribution in [0.3, 0.4) is 0 Å². The molecule has 1 aromatic heterocycles. The Kier molecular flexibility index (Phi) is 5.76. The van der Waals surface area contributed by atoms with Crippen molar-refractivity contribution in [3.63, 3.8) is 0 Å². The van der Waals surface area contributed by atoms with E-state index in [2.05, 4.69) is 0 Å². The highest BCUT2D eigenvalue weighted by Gasteiger charge is 2.06. The molecule has 3 nitrogen and oxygen atoms in total. The average molecular weight is 329 g/mol. The maximum atomic E-state index is 10.7. The van der Waals surface area contributed by atoms with Gasteiger partial charge >= 0.3 is 5.97 Å². The minimum absolute atomic E-state index is 0.380. The number of carbonyl (C=O) groups is 1. The van der Waals surface area contributed by atoms with Crippen molar-refractivity contribution in [1.29, 1.82) is 0 Å². The molecule has 20 heavy (non-hydrogen) atoms. The van der Waals surface area contributed by atoms with Gasteiger partial charge in [0.25, 0.3) is 0 Å². The average Bonchev–Trinajstić information content (AvgIpc) is 2.89. The summed E-state index contributed by atoms with van der Waals surface area (Å²) in [5.41, 5.74) is 0. The van der Waals surface area contributed by atoms with Gasteiger partial charge in [0.2, 0.25) is 0 Å². The Labute approximate surface area is 130 Å². The summed E-state index contributed by atoms with van der Waals surface area (Å²) < 4.78 is 5.58. The van der Waals surface area contributed by atoms with Crippen molar-refractivity contribution in [2.45, 2.75) is 11.3 Å². The Morgan fingerprint density at radius 2 is 2.10 bits per heavy atom. The molecular weight excluding hydrogens is 316 g/mol. The Morgan fingerprint density at radius 3 is 2.75 bits per heavy atom. The van der Waals surface area contributed by atoms with E-state index >= 15 is 0 Å². The van der Waals surface area contributed by atoms with Crippen LogP contribution in [0.4, 0.5) is 0 Å². The van der Waals surface area contributed by atoms with Gasteiger partial charge in [-0.05, 0) is 36.8 Å². The largest absolute Gasteiger partial charge is 0.494 e. The van der Waals surface area contributed by atoms with Crippen LogP contribution in [0.2, 0.25) is 5.02 Å². The Morgan fingerprint density at radius 1 is 1.35 bits per heavy atom. The Balaban J connectivity index is 1.66. The zero-order chi connectivity index (χ0) is 14.4. The summed E-state index contributed by atoms with van der Waals surface area (Å²) in [6, 6.07) is 8.98. The SMILES string of the molecule is O=C(O)c1cc(SCCCOc2ccc(Cl)cc2)cs1. The van der Waals surface area contributed by atoms with Crippen LogP contribution in [0.25, 0.3) is 0 Å². The number of aromatic carboxylic acids is 1. The molecule has 0 aliphatic carbocycles. The van der Waals surface area contributed by atoms with Crippen LogP contribution >= 0.6 is 34.7 Å². The summed E-state index contributed by atoms with van der Waals surface area (Å²) >= 11 is 8.69. The number of carboxylic acids is 1. The first kappa shape index (κ1) is 15.2. The third-order valence-electron chi connectivity index (χ3n) is 2.43. The maximum Gasteiger partial charge on any atom is 0.345 e. The molecule has 0 amide bonds. The standard InChI is InChI=1S/C14H13ClO3S2/c15-10-2-4-11(5-3-10)18-6-1-7-19-12-8-13(14(16)17)20-9-12/h2-5,8-9H,1,6-7H2,(H,16,17). The molecule has 1 heterocycles. The van der Waals surface area contributed by atoms with Crippen LogP contribution in [0.1, 0.15) is 16.1 Å². The molecule has 0 atom stereocenters. The van der Waals surface area contributed by atoms with Gasteiger partial charge in [-0.15, -0.1) is 23.1 Å². The van der Waals surface area contributed by atoms with Crippen LogP contribution in [0.15, 0.2) is 40.6 Å². The van der Waals surface area contributed by atoms with E-state index in [1.165, 1.54) is 11.3 Å². The molecular formula is C14H13ClO3S2. The molecule has 0 aliphatic rings. The van der Waals surface area contributed by atoms with Gasteiger partial charge in [0, 0.05) is 21.1 Å². The first-order valence-corrected chi connectivity index (χ1v) is 8.22. The number of thiophene rings is 1. The van der Waals surface area contributed by atoms with Crippen molar-refractivity contribution >= 4 is 40.7 Å². The molecule has 0 saturated carbocycles. The van der Waals surface area contributed by atoms with Crippen LogP contribution < -0.4 is 4.74 Å².